The smallest absolute Gasteiger partial charge is 0.0309 e. The summed E-state index contributed by atoms with van der Waals surface area (Å²) in [5, 5.41) is 5.74. The SMILES string of the molecule is CNC(Cc1cccs1)C(C)(C)N1CCCCCC1. The molecule has 0 saturated carbocycles. The highest BCUT2D eigenvalue weighted by atomic mass is 32.1. The third kappa shape index (κ3) is 3.80. The van der Waals surface area contributed by atoms with Crippen LogP contribution in [0.25, 0.3) is 0 Å². The first-order valence-electron chi connectivity index (χ1n) is 7.59. The quantitative estimate of drug-likeness (QED) is 0.887. The van der Waals surface area contributed by atoms with Crippen molar-refractivity contribution >= 4 is 11.3 Å². The van der Waals surface area contributed by atoms with Crippen molar-refractivity contribution in [1.29, 1.82) is 0 Å². The van der Waals surface area contributed by atoms with Crippen molar-refractivity contribution in [2.45, 2.75) is 57.5 Å². The van der Waals surface area contributed by atoms with Crippen LogP contribution in [0, 0.1) is 0 Å². The Morgan fingerprint density at radius 2 is 1.95 bits per heavy atom. The zero-order valence-corrected chi connectivity index (χ0v) is 13.4. The fraction of sp³-hybridized carbons (Fsp3) is 0.750. The second kappa shape index (κ2) is 6.87. The van der Waals surface area contributed by atoms with Gasteiger partial charge in [-0.2, -0.15) is 0 Å². The Labute approximate surface area is 122 Å². The number of hydrogen-bond donors (Lipinski definition) is 1. The lowest BCUT2D eigenvalue weighted by Gasteiger charge is -2.44. The lowest BCUT2D eigenvalue weighted by atomic mass is 9.89. The number of hydrogen-bond acceptors (Lipinski definition) is 3. The van der Waals surface area contributed by atoms with Crippen molar-refractivity contribution in [1.82, 2.24) is 10.2 Å². The molecule has 0 aliphatic carbocycles. The van der Waals surface area contributed by atoms with E-state index in [9.17, 15) is 0 Å². The van der Waals surface area contributed by atoms with E-state index in [4.69, 9.17) is 0 Å². The molecular weight excluding hydrogens is 252 g/mol. The average Bonchev–Trinajstić information content (AvgIpc) is 2.74. The van der Waals surface area contributed by atoms with Gasteiger partial charge in [0.1, 0.15) is 0 Å². The maximum absolute atomic E-state index is 3.56. The van der Waals surface area contributed by atoms with Gasteiger partial charge in [-0.3, -0.25) is 4.90 Å². The van der Waals surface area contributed by atoms with Crippen LogP contribution in [0.3, 0.4) is 0 Å². The summed E-state index contributed by atoms with van der Waals surface area (Å²) in [5.41, 5.74) is 0.225. The maximum Gasteiger partial charge on any atom is 0.0309 e. The van der Waals surface area contributed by atoms with Crippen LogP contribution >= 0.6 is 11.3 Å². The second-order valence-corrected chi connectivity index (χ2v) is 7.21. The number of nitrogens with zero attached hydrogens (tertiary/aromatic N) is 1. The Hall–Kier alpha value is -0.380. The largest absolute Gasteiger partial charge is 0.315 e. The first-order valence-corrected chi connectivity index (χ1v) is 8.47. The second-order valence-electron chi connectivity index (χ2n) is 6.18. The third-order valence-electron chi connectivity index (χ3n) is 4.61. The van der Waals surface area contributed by atoms with Gasteiger partial charge in [-0.1, -0.05) is 18.9 Å². The van der Waals surface area contributed by atoms with Crippen molar-refractivity contribution in [3.05, 3.63) is 22.4 Å². The normalized spacial score (nSPS) is 20.2. The molecule has 2 rings (SSSR count). The van der Waals surface area contributed by atoms with E-state index in [1.54, 1.807) is 0 Å². The zero-order chi connectivity index (χ0) is 13.7. The minimum atomic E-state index is 0.225. The predicted octanol–water partition coefficient (Wildman–Crippen LogP) is 3.53. The van der Waals surface area contributed by atoms with Crippen molar-refractivity contribution in [2.24, 2.45) is 0 Å². The molecule has 0 amide bonds. The van der Waals surface area contributed by atoms with Crippen LogP contribution in [0.2, 0.25) is 0 Å². The molecule has 19 heavy (non-hydrogen) atoms. The van der Waals surface area contributed by atoms with Crippen molar-refractivity contribution in [3.63, 3.8) is 0 Å². The summed E-state index contributed by atoms with van der Waals surface area (Å²) in [6, 6.07) is 4.93. The van der Waals surface area contributed by atoms with E-state index in [0.29, 0.717) is 6.04 Å². The Morgan fingerprint density at radius 1 is 1.26 bits per heavy atom. The lowest BCUT2D eigenvalue weighted by Crippen LogP contribution is -2.58. The van der Waals surface area contributed by atoms with Gasteiger partial charge in [-0.25, -0.2) is 0 Å². The monoisotopic (exact) mass is 280 g/mol. The van der Waals surface area contributed by atoms with E-state index in [1.165, 1.54) is 43.6 Å². The Bertz CT molecular complexity index is 351. The Kier molecular flexibility index (Phi) is 5.43. The summed E-state index contributed by atoms with van der Waals surface area (Å²) in [5.74, 6) is 0. The fourth-order valence-electron chi connectivity index (χ4n) is 3.20. The number of nitrogens with one attached hydrogen (secondary N) is 1. The Balaban J connectivity index is 2.05. The Morgan fingerprint density at radius 3 is 2.47 bits per heavy atom. The highest BCUT2D eigenvalue weighted by Crippen LogP contribution is 2.26. The number of likely N-dealkylation sites (tertiary alicyclic amines) is 1. The average molecular weight is 280 g/mol. The van der Waals surface area contributed by atoms with Crippen molar-refractivity contribution in [2.75, 3.05) is 20.1 Å². The van der Waals surface area contributed by atoms with Gasteiger partial charge >= 0.3 is 0 Å². The molecule has 1 atom stereocenters. The minimum Gasteiger partial charge on any atom is -0.315 e. The van der Waals surface area contributed by atoms with Gasteiger partial charge in [0.25, 0.3) is 0 Å². The molecule has 1 aromatic rings. The van der Waals surface area contributed by atoms with E-state index >= 15 is 0 Å². The van der Waals surface area contributed by atoms with Crippen LogP contribution in [0.15, 0.2) is 17.5 Å². The minimum absolute atomic E-state index is 0.225. The summed E-state index contributed by atoms with van der Waals surface area (Å²) in [6.45, 7) is 7.34. The molecule has 2 heterocycles. The number of likely N-dealkylation sites (N-methyl/N-ethyl adjacent to an activating group) is 1. The molecular formula is C16H28N2S. The first kappa shape index (κ1) is 15.0. The molecule has 1 aromatic heterocycles. The molecule has 0 spiro atoms. The van der Waals surface area contributed by atoms with Gasteiger partial charge in [-0.05, 0) is 64.7 Å². The van der Waals surface area contributed by atoms with E-state index in [1.807, 2.05) is 11.3 Å². The van der Waals surface area contributed by atoms with E-state index in [-0.39, 0.29) is 5.54 Å². The molecule has 3 heteroatoms. The molecule has 1 aliphatic heterocycles. The molecule has 1 N–H and O–H groups in total. The van der Waals surface area contributed by atoms with Crippen molar-refractivity contribution < 1.29 is 0 Å². The fourth-order valence-corrected chi connectivity index (χ4v) is 3.95. The molecule has 108 valence electrons. The lowest BCUT2D eigenvalue weighted by molar-refractivity contribution is 0.0867. The molecule has 1 aliphatic rings. The van der Waals surface area contributed by atoms with Gasteiger partial charge in [0, 0.05) is 16.5 Å². The molecule has 0 radical (unpaired) electrons. The maximum atomic E-state index is 3.56. The van der Waals surface area contributed by atoms with Crippen LogP contribution in [0.1, 0.15) is 44.4 Å². The molecule has 2 nitrogen and oxygen atoms in total. The van der Waals surface area contributed by atoms with Gasteiger partial charge in [0.05, 0.1) is 0 Å². The summed E-state index contributed by atoms with van der Waals surface area (Å²) in [7, 11) is 2.11. The molecule has 0 aromatic carbocycles. The topological polar surface area (TPSA) is 15.3 Å². The van der Waals surface area contributed by atoms with Crippen LogP contribution < -0.4 is 5.32 Å². The van der Waals surface area contributed by atoms with Gasteiger partial charge in [0.15, 0.2) is 0 Å². The number of rotatable bonds is 5. The van der Waals surface area contributed by atoms with E-state index < -0.39 is 0 Å². The van der Waals surface area contributed by atoms with Crippen LogP contribution in [0.5, 0.6) is 0 Å². The van der Waals surface area contributed by atoms with Crippen LogP contribution in [0.4, 0.5) is 0 Å². The first-order chi connectivity index (χ1) is 9.14. The van der Waals surface area contributed by atoms with Crippen LogP contribution in [-0.2, 0) is 6.42 Å². The summed E-state index contributed by atoms with van der Waals surface area (Å²) >= 11 is 1.87. The molecule has 0 bridgehead atoms. The highest BCUT2D eigenvalue weighted by Gasteiger charge is 2.34. The molecule has 1 unspecified atom stereocenters. The van der Waals surface area contributed by atoms with Crippen LogP contribution in [-0.4, -0.2) is 36.6 Å². The third-order valence-corrected chi connectivity index (χ3v) is 5.51. The summed E-state index contributed by atoms with van der Waals surface area (Å²) in [6.07, 6.45) is 6.67. The predicted molar refractivity (Wildman–Crippen MR) is 85.0 cm³/mol. The van der Waals surface area contributed by atoms with E-state index in [0.717, 1.165) is 6.42 Å². The highest BCUT2D eigenvalue weighted by molar-refractivity contribution is 7.09. The summed E-state index contributed by atoms with van der Waals surface area (Å²) in [4.78, 5) is 4.19. The molecule has 1 fully saturated rings. The van der Waals surface area contributed by atoms with Crippen molar-refractivity contribution in [3.8, 4) is 0 Å². The van der Waals surface area contributed by atoms with E-state index in [2.05, 4.69) is 48.6 Å². The van der Waals surface area contributed by atoms with Gasteiger partial charge < -0.3 is 5.32 Å². The number of thiophene rings is 1. The standard InChI is InChI=1S/C16H28N2S/c1-16(2,18-10-6-4-5-7-11-18)15(17-3)13-14-9-8-12-19-14/h8-9,12,15,17H,4-7,10-11,13H2,1-3H3. The zero-order valence-electron chi connectivity index (χ0n) is 12.6. The molecule has 1 saturated heterocycles. The summed E-state index contributed by atoms with van der Waals surface area (Å²) < 4.78 is 0. The van der Waals surface area contributed by atoms with Gasteiger partial charge in [-0.15, -0.1) is 11.3 Å². The van der Waals surface area contributed by atoms with Gasteiger partial charge in [0.2, 0.25) is 0 Å².